The lowest BCUT2D eigenvalue weighted by Gasteiger charge is -2.10. The van der Waals surface area contributed by atoms with E-state index >= 15 is 0 Å². The van der Waals surface area contributed by atoms with Crippen molar-refractivity contribution < 1.29 is 0 Å². The van der Waals surface area contributed by atoms with Gasteiger partial charge in [0.15, 0.2) is 0 Å². The Morgan fingerprint density at radius 1 is 1.08 bits per heavy atom. The second kappa shape index (κ2) is 4.75. The van der Waals surface area contributed by atoms with Crippen LogP contribution in [0.1, 0.15) is 38.6 Å². The summed E-state index contributed by atoms with van der Waals surface area (Å²) in [7, 11) is 0. The zero-order chi connectivity index (χ0) is 9.68. The quantitative estimate of drug-likeness (QED) is 0.607. The molecule has 0 radical (unpaired) electrons. The van der Waals surface area contributed by atoms with Crippen molar-refractivity contribution in [2.45, 2.75) is 33.6 Å². The zero-order valence-corrected chi connectivity index (χ0v) is 8.54. The van der Waals surface area contributed by atoms with Crippen molar-refractivity contribution in [1.82, 2.24) is 9.97 Å². The molecule has 1 aliphatic rings. The van der Waals surface area contributed by atoms with Crippen LogP contribution in [0.5, 0.6) is 0 Å². The number of fused-ring (bicyclic) bond motifs is 1. The normalized spacial score (nSPS) is 13.6. The lowest BCUT2D eigenvalue weighted by atomic mass is 10.0. The first-order valence-electron chi connectivity index (χ1n) is 4.83. The summed E-state index contributed by atoms with van der Waals surface area (Å²) in [5, 5.41) is 0. The second-order valence-electron chi connectivity index (χ2n) is 2.88. The van der Waals surface area contributed by atoms with E-state index < -0.39 is 0 Å². The fourth-order valence-electron chi connectivity index (χ4n) is 1.31. The van der Waals surface area contributed by atoms with Crippen LogP contribution in [0, 0.1) is 0 Å². The maximum atomic E-state index is 4.25. The van der Waals surface area contributed by atoms with Gasteiger partial charge in [-0.1, -0.05) is 19.4 Å². The number of allylic oxidation sites excluding steroid dienone is 1. The van der Waals surface area contributed by atoms with E-state index in [0.717, 1.165) is 24.2 Å². The molecule has 0 atom stereocenters. The fraction of sp³-hybridized carbons (Fsp3) is 0.455. The zero-order valence-electron chi connectivity index (χ0n) is 8.54. The smallest absolute Gasteiger partial charge is 0.0844 e. The Balaban J connectivity index is 0.000000396. The third-order valence-electron chi connectivity index (χ3n) is 1.95. The summed E-state index contributed by atoms with van der Waals surface area (Å²) in [4.78, 5) is 8.48. The van der Waals surface area contributed by atoms with Crippen LogP contribution in [-0.4, -0.2) is 9.97 Å². The summed E-state index contributed by atoms with van der Waals surface area (Å²) in [5.41, 5.74) is 3.59. The highest BCUT2D eigenvalue weighted by atomic mass is 14.8. The highest BCUT2D eigenvalue weighted by Crippen LogP contribution is 2.18. The Bertz CT molecular complexity index is 303. The average molecular weight is 176 g/mol. The number of hydrogen-bond acceptors (Lipinski definition) is 2. The summed E-state index contributed by atoms with van der Waals surface area (Å²) in [6, 6.07) is 0. The van der Waals surface area contributed by atoms with Crippen molar-refractivity contribution in [2.75, 3.05) is 0 Å². The standard InChI is InChI=1S/C9H10N2.C2H6/c1-7-2-3-8-9(6-7)11-5-4-10-8;1-2/h4-6H,2-3H2,1H3;1-2H3. The second-order valence-corrected chi connectivity index (χ2v) is 2.88. The van der Waals surface area contributed by atoms with E-state index in [2.05, 4.69) is 23.0 Å². The molecule has 1 aromatic heterocycles. The van der Waals surface area contributed by atoms with Gasteiger partial charge in [0, 0.05) is 12.4 Å². The highest BCUT2D eigenvalue weighted by Gasteiger charge is 2.08. The molecule has 0 bridgehead atoms. The number of rotatable bonds is 0. The molecule has 0 saturated heterocycles. The van der Waals surface area contributed by atoms with Gasteiger partial charge in [-0.25, -0.2) is 0 Å². The molecule has 0 fully saturated rings. The summed E-state index contributed by atoms with van der Waals surface area (Å²) >= 11 is 0. The molecule has 2 nitrogen and oxygen atoms in total. The summed E-state index contributed by atoms with van der Waals surface area (Å²) < 4.78 is 0. The molecule has 0 N–H and O–H groups in total. The van der Waals surface area contributed by atoms with Crippen molar-refractivity contribution in [3.63, 3.8) is 0 Å². The molecule has 70 valence electrons. The maximum Gasteiger partial charge on any atom is 0.0844 e. The minimum Gasteiger partial charge on any atom is -0.257 e. The summed E-state index contributed by atoms with van der Waals surface area (Å²) in [6.07, 6.45) is 7.80. The van der Waals surface area contributed by atoms with Crippen LogP contribution in [0.2, 0.25) is 0 Å². The molecule has 13 heavy (non-hydrogen) atoms. The lowest BCUT2D eigenvalue weighted by Crippen LogP contribution is -2.01. The van der Waals surface area contributed by atoms with E-state index in [4.69, 9.17) is 0 Å². The monoisotopic (exact) mass is 176 g/mol. The van der Waals surface area contributed by atoms with Gasteiger partial charge in [0.25, 0.3) is 0 Å². The van der Waals surface area contributed by atoms with Crippen LogP contribution in [0.15, 0.2) is 18.0 Å². The van der Waals surface area contributed by atoms with E-state index in [1.54, 1.807) is 12.4 Å². The number of nitrogens with zero attached hydrogens (tertiary/aromatic N) is 2. The molecule has 1 aliphatic carbocycles. The van der Waals surface area contributed by atoms with Gasteiger partial charge in [0.1, 0.15) is 0 Å². The van der Waals surface area contributed by atoms with Gasteiger partial charge in [-0.3, -0.25) is 9.97 Å². The van der Waals surface area contributed by atoms with Crippen LogP contribution >= 0.6 is 0 Å². The molecule has 2 rings (SSSR count). The van der Waals surface area contributed by atoms with E-state index in [1.807, 2.05) is 13.8 Å². The molecule has 0 spiro atoms. The van der Waals surface area contributed by atoms with E-state index in [-0.39, 0.29) is 0 Å². The topological polar surface area (TPSA) is 25.8 Å². The predicted molar refractivity (Wildman–Crippen MR) is 55.4 cm³/mol. The first-order valence-corrected chi connectivity index (χ1v) is 4.83. The largest absolute Gasteiger partial charge is 0.257 e. The fourth-order valence-corrected chi connectivity index (χ4v) is 1.31. The minimum absolute atomic E-state index is 1.05. The van der Waals surface area contributed by atoms with Crippen molar-refractivity contribution in [2.24, 2.45) is 0 Å². The molecule has 0 aliphatic heterocycles. The summed E-state index contributed by atoms with van der Waals surface area (Å²) in [5.74, 6) is 0. The first-order chi connectivity index (χ1) is 6.36. The van der Waals surface area contributed by atoms with Crippen LogP contribution in [0.4, 0.5) is 0 Å². The van der Waals surface area contributed by atoms with Gasteiger partial charge in [0.2, 0.25) is 0 Å². The van der Waals surface area contributed by atoms with Gasteiger partial charge in [-0.15, -0.1) is 0 Å². The van der Waals surface area contributed by atoms with Crippen LogP contribution in [0.25, 0.3) is 6.08 Å². The SMILES string of the molecule is CC.CC1=Cc2nccnc2CC1. The van der Waals surface area contributed by atoms with Crippen LogP contribution < -0.4 is 0 Å². The Labute approximate surface area is 79.7 Å². The first kappa shape index (κ1) is 9.90. The third kappa shape index (κ3) is 2.38. The molecular formula is C11H16N2. The maximum absolute atomic E-state index is 4.25. The van der Waals surface area contributed by atoms with Gasteiger partial charge in [-0.2, -0.15) is 0 Å². The van der Waals surface area contributed by atoms with Crippen molar-refractivity contribution in [3.05, 3.63) is 29.4 Å². The molecule has 0 unspecified atom stereocenters. The number of hydrogen-bond donors (Lipinski definition) is 0. The van der Waals surface area contributed by atoms with Gasteiger partial charge < -0.3 is 0 Å². The number of aromatic nitrogens is 2. The van der Waals surface area contributed by atoms with Gasteiger partial charge in [0.05, 0.1) is 11.4 Å². The minimum atomic E-state index is 1.05. The van der Waals surface area contributed by atoms with Gasteiger partial charge in [-0.05, 0) is 25.8 Å². The van der Waals surface area contributed by atoms with Crippen molar-refractivity contribution >= 4 is 6.08 Å². The lowest BCUT2D eigenvalue weighted by molar-refractivity contribution is 0.865. The summed E-state index contributed by atoms with van der Waals surface area (Å²) in [6.45, 7) is 6.14. The molecule has 2 heteroatoms. The number of aryl methyl sites for hydroxylation is 1. The molecule has 0 aromatic carbocycles. The van der Waals surface area contributed by atoms with Crippen LogP contribution in [-0.2, 0) is 6.42 Å². The molecule has 0 amide bonds. The average Bonchev–Trinajstić information content (AvgIpc) is 2.21. The van der Waals surface area contributed by atoms with E-state index in [1.165, 1.54) is 5.57 Å². The predicted octanol–water partition coefficient (Wildman–Crippen LogP) is 2.85. The van der Waals surface area contributed by atoms with E-state index in [9.17, 15) is 0 Å². The Morgan fingerprint density at radius 3 is 2.54 bits per heavy atom. The molecule has 1 heterocycles. The molecular weight excluding hydrogens is 160 g/mol. The Hall–Kier alpha value is -1.18. The highest BCUT2D eigenvalue weighted by molar-refractivity contribution is 5.53. The van der Waals surface area contributed by atoms with Crippen molar-refractivity contribution in [1.29, 1.82) is 0 Å². The van der Waals surface area contributed by atoms with Crippen molar-refractivity contribution in [3.8, 4) is 0 Å². The molecule has 0 saturated carbocycles. The Kier molecular flexibility index (Phi) is 3.62. The third-order valence-corrected chi connectivity index (χ3v) is 1.95. The Morgan fingerprint density at radius 2 is 1.77 bits per heavy atom. The van der Waals surface area contributed by atoms with Crippen LogP contribution in [0.3, 0.4) is 0 Å². The van der Waals surface area contributed by atoms with Gasteiger partial charge >= 0.3 is 0 Å². The van der Waals surface area contributed by atoms with E-state index in [0.29, 0.717) is 0 Å². The molecule has 1 aromatic rings.